The summed E-state index contributed by atoms with van der Waals surface area (Å²) in [4.78, 5) is 0. The fourth-order valence-corrected chi connectivity index (χ4v) is 5.82. The van der Waals surface area contributed by atoms with Gasteiger partial charge in [0.25, 0.3) is 0 Å². The minimum atomic E-state index is 0.207. The molecule has 3 rings (SSSR count). The summed E-state index contributed by atoms with van der Waals surface area (Å²) < 4.78 is 6.13. The maximum absolute atomic E-state index is 6.13. The average Bonchev–Trinajstić information content (AvgIpc) is 2.60. The predicted molar refractivity (Wildman–Crippen MR) is 70.9 cm³/mol. The molecule has 0 aromatic carbocycles. The van der Waals surface area contributed by atoms with Crippen molar-refractivity contribution >= 4 is 0 Å². The van der Waals surface area contributed by atoms with E-state index in [1.165, 1.54) is 38.5 Å². The maximum atomic E-state index is 6.13. The lowest BCUT2D eigenvalue weighted by Gasteiger charge is -2.60. The molecule has 3 fully saturated rings. The molecule has 1 aliphatic heterocycles. The Morgan fingerprint density at radius 1 is 0.882 bits per heavy atom. The van der Waals surface area contributed by atoms with Gasteiger partial charge in [-0.05, 0) is 61.7 Å². The fourth-order valence-electron chi connectivity index (χ4n) is 5.82. The van der Waals surface area contributed by atoms with Crippen molar-refractivity contribution in [3.05, 3.63) is 0 Å². The second kappa shape index (κ2) is 3.50. The van der Waals surface area contributed by atoms with Crippen LogP contribution in [0.1, 0.15) is 66.2 Å². The zero-order chi connectivity index (χ0) is 12.3. The fraction of sp³-hybridized carbons (Fsp3) is 1.00. The Labute approximate surface area is 106 Å². The first-order valence-corrected chi connectivity index (χ1v) is 7.52. The zero-order valence-corrected chi connectivity index (χ0v) is 12.0. The van der Waals surface area contributed by atoms with Crippen molar-refractivity contribution < 1.29 is 4.74 Å². The molecule has 1 nitrogen and oxygen atoms in total. The smallest absolute Gasteiger partial charge is 0.0688 e. The van der Waals surface area contributed by atoms with Gasteiger partial charge in [0.15, 0.2) is 0 Å². The highest BCUT2D eigenvalue weighted by atomic mass is 16.5. The van der Waals surface area contributed by atoms with Gasteiger partial charge in [-0.2, -0.15) is 0 Å². The van der Waals surface area contributed by atoms with Gasteiger partial charge in [-0.25, -0.2) is 0 Å². The molecule has 2 saturated carbocycles. The predicted octanol–water partition coefficient (Wildman–Crippen LogP) is 4.41. The second-order valence-corrected chi connectivity index (χ2v) is 7.94. The van der Waals surface area contributed by atoms with E-state index in [0.29, 0.717) is 10.8 Å². The molecule has 1 heteroatoms. The molecule has 98 valence electrons. The van der Waals surface area contributed by atoms with E-state index < -0.39 is 0 Å². The standard InChI is InChI=1S/C16H28O/c1-14(2)8-5-9-15(3)12(14)6-10-16(4)13(15)7-11-17-16/h12-13H,5-11H2,1-4H3/t12-,13+,15+,16-/m0/s1. The Bertz CT molecular complexity index is 317. The van der Waals surface area contributed by atoms with Crippen LogP contribution in [0.5, 0.6) is 0 Å². The van der Waals surface area contributed by atoms with Gasteiger partial charge < -0.3 is 4.74 Å². The maximum Gasteiger partial charge on any atom is 0.0688 e. The quantitative estimate of drug-likeness (QED) is 0.605. The third kappa shape index (κ3) is 1.54. The third-order valence-corrected chi connectivity index (χ3v) is 6.58. The second-order valence-electron chi connectivity index (χ2n) is 7.94. The SMILES string of the molecule is CC1(C)CCC[C@@]2(C)[C@H]3CCO[C@@]3(C)CC[C@@H]12. The summed E-state index contributed by atoms with van der Waals surface area (Å²) in [6.45, 7) is 11.0. The highest BCUT2D eigenvalue weighted by Gasteiger charge is 2.60. The van der Waals surface area contributed by atoms with Gasteiger partial charge in [0.05, 0.1) is 5.60 Å². The van der Waals surface area contributed by atoms with Gasteiger partial charge in [-0.15, -0.1) is 0 Å². The Kier molecular flexibility index (Phi) is 2.47. The monoisotopic (exact) mass is 236 g/mol. The van der Waals surface area contributed by atoms with Crippen molar-refractivity contribution in [2.75, 3.05) is 6.61 Å². The first-order valence-electron chi connectivity index (χ1n) is 7.52. The summed E-state index contributed by atoms with van der Waals surface area (Å²) in [6.07, 6.45) is 8.27. The molecule has 0 N–H and O–H groups in total. The molecule has 3 aliphatic rings. The number of hydrogen-bond acceptors (Lipinski definition) is 1. The van der Waals surface area contributed by atoms with Gasteiger partial charge in [-0.3, -0.25) is 0 Å². The zero-order valence-electron chi connectivity index (χ0n) is 12.0. The van der Waals surface area contributed by atoms with Crippen molar-refractivity contribution in [2.45, 2.75) is 71.8 Å². The molecule has 2 aliphatic carbocycles. The molecule has 0 spiro atoms. The van der Waals surface area contributed by atoms with Crippen LogP contribution in [-0.4, -0.2) is 12.2 Å². The molecular weight excluding hydrogens is 208 g/mol. The third-order valence-electron chi connectivity index (χ3n) is 6.58. The molecular formula is C16H28O. The highest BCUT2D eigenvalue weighted by Crippen LogP contribution is 2.64. The molecule has 17 heavy (non-hydrogen) atoms. The summed E-state index contributed by atoms with van der Waals surface area (Å²) in [5.74, 6) is 1.73. The number of rotatable bonds is 0. The van der Waals surface area contributed by atoms with Crippen LogP contribution in [0.25, 0.3) is 0 Å². The largest absolute Gasteiger partial charge is 0.375 e. The topological polar surface area (TPSA) is 9.23 Å². The van der Waals surface area contributed by atoms with E-state index in [2.05, 4.69) is 27.7 Å². The molecule has 0 radical (unpaired) electrons. The van der Waals surface area contributed by atoms with Gasteiger partial charge in [0, 0.05) is 6.61 Å². The normalized spacial score (nSPS) is 52.9. The van der Waals surface area contributed by atoms with Gasteiger partial charge in [0.2, 0.25) is 0 Å². The number of fused-ring (bicyclic) bond motifs is 3. The Balaban J connectivity index is 1.98. The van der Waals surface area contributed by atoms with Crippen LogP contribution in [0.2, 0.25) is 0 Å². The minimum absolute atomic E-state index is 0.207. The van der Waals surface area contributed by atoms with Crippen molar-refractivity contribution in [1.82, 2.24) is 0 Å². The summed E-state index contributed by atoms with van der Waals surface area (Å²) in [5, 5.41) is 0. The van der Waals surface area contributed by atoms with Crippen molar-refractivity contribution in [3.8, 4) is 0 Å². The van der Waals surface area contributed by atoms with E-state index in [-0.39, 0.29) is 5.60 Å². The van der Waals surface area contributed by atoms with Crippen LogP contribution in [-0.2, 0) is 4.74 Å². The van der Waals surface area contributed by atoms with Crippen LogP contribution < -0.4 is 0 Å². The molecule has 1 heterocycles. The molecule has 0 amide bonds. The molecule has 0 aromatic rings. The summed E-state index contributed by atoms with van der Waals surface area (Å²) in [6, 6.07) is 0. The summed E-state index contributed by atoms with van der Waals surface area (Å²) in [7, 11) is 0. The van der Waals surface area contributed by atoms with E-state index in [4.69, 9.17) is 4.74 Å². The lowest BCUT2D eigenvalue weighted by Crippen LogP contribution is -2.55. The van der Waals surface area contributed by atoms with E-state index in [9.17, 15) is 0 Å². The van der Waals surface area contributed by atoms with Crippen LogP contribution >= 0.6 is 0 Å². The first-order chi connectivity index (χ1) is 7.89. The van der Waals surface area contributed by atoms with Gasteiger partial charge in [0.1, 0.15) is 0 Å². The van der Waals surface area contributed by atoms with E-state index in [1.54, 1.807) is 0 Å². The first kappa shape index (κ1) is 12.0. The molecule has 0 bridgehead atoms. The van der Waals surface area contributed by atoms with E-state index in [1.807, 2.05) is 0 Å². The van der Waals surface area contributed by atoms with Crippen molar-refractivity contribution in [2.24, 2.45) is 22.7 Å². The van der Waals surface area contributed by atoms with Gasteiger partial charge in [-0.1, -0.05) is 27.2 Å². The lowest BCUT2D eigenvalue weighted by atomic mass is 9.46. The van der Waals surface area contributed by atoms with Gasteiger partial charge >= 0.3 is 0 Å². The van der Waals surface area contributed by atoms with Crippen LogP contribution in [0.4, 0.5) is 0 Å². The van der Waals surface area contributed by atoms with Crippen LogP contribution in [0.15, 0.2) is 0 Å². The average molecular weight is 236 g/mol. The number of ether oxygens (including phenoxy) is 1. The molecule has 1 saturated heterocycles. The Hall–Kier alpha value is -0.0400. The van der Waals surface area contributed by atoms with Crippen molar-refractivity contribution in [1.29, 1.82) is 0 Å². The molecule has 0 unspecified atom stereocenters. The Morgan fingerprint density at radius 2 is 1.65 bits per heavy atom. The van der Waals surface area contributed by atoms with Crippen LogP contribution in [0, 0.1) is 22.7 Å². The summed E-state index contributed by atoms with van der Waals surface area (Å²) in [5.41, 5.74) is 1.31. The Morgan fingerprint density at radius 3 is 2.41 bits per heavy atom. The van der Waals surface area contributed by atoms with Crippen molar-refractivity contribution in [3.63, 3.8) is 0 Å². The van der Waals surface area contributed by atoms with Crippen LogP contribution in [0.3, 0.4) is 0 Å². The van der Waals surface area contributed by atoms with E-state index >= 15 is 0 Å². The molecule has 4 atom stereocenters. The number of hydrogen-bond donors (Lipinski definition) is 0. The molecule has 0 aromatic heterocycles. The lowest BCUT2D eigenvalue weighted by molar-refractivity contribution is -0.147. The summed E-state index contributed by atoms with van der Waals surface area (Å²) >= 11 is 0. The minimum Gasteiger partial charge on any atom is -0.375 e. The highest BCUT2D eigenvalue weighted by molar-refractivity contribution is 5.09. The van der Waals surface area contributed by atoms with E-state index in [0.717, 1.165) is 18.4 Å².